The lowest BCUT2D eigenvalue weighted by Crippen LogP contribution is -2.19. The predicted molar refractivity (Wildman–Crippen MR) is 71.3 cm³/mol. The molecule has 2 heterocycles. The Bertz CT molecular complexity index is 660. The molecule has 0 fully saturated rings. The van der Waals surface area contributed by atoms with Gasteiger partial charge in [-0.1, -0.05) is 17.7 Å². The molecule has 1 amide bonds. The first kappa shape index (κ1) is 12.0. The number of carbonyl (C=O) groups is 1. The van der Waals surface area contributed by atoms with Gasteiger partial charge in [0.15, 0.2) is 0 Å². The van der Waals surface area contributed by atoms with E-state index in [-0.39, 0.29) is 5.91 Å². The maximum absolute atomic E-state index is 11.4. The van der Waals surface area contributed by atoms with Gasteiger partial charge in [-0.3, -0.25) is 9.78 Å². The quantitative estimate of drug-likeness (QED) is 0.883. The Morgan fingerprint density at radius 2 is 2.11 bits per heavy atom. The minimum Gasteiger partial charge on any atom is -0.456 e. The monoisotopic (exact) mass is 275 g/mol. The van der Waals surface area contributed by atoms with E-state index in [1.54, 1.807) is 30.5 Å². The number of amides is 1. The molecule has 0 bridgehead atoms. The summed E-state index contributed by atoms with van der Waals surface area (Å²) in [6.45, 7) is 0. The number of nitrogens with one attached hydrogen (secondary N) is 1. The van der Waals surface area contributed by atoms with Crippen LogP contribution in [-0.4, -0.2) is 10.9 Å². The summed E-state index contributed by atoms with van der Waals surface area (Å²) < 4.78 is 5.62. The van der Waals surface area contributed by atoms with Gasteiger partial charge >= 0.3 is 0 Å². The molecule has 1 aromatic carbocycles. The van der Waals surface area contributed by atoms with Gasteiger partial charge in [-0.15, -0.1) is 0 Å². The molecule has 6 heteroatoms. The van der Waals surface area contributed by atoms with Crippen LogP contribution >= 0.6 is 11.6 Å². The maximum Gasteiger partial charge on any atom is 0.245 e. The summed E-state index contributed by atoms with van der Waals surface area (Å²) in [6, 6.07) is 6.29. The molecule has 96 valence electrons. The number of nitrogens with zero attached hydrogens (tertiary/aromatic N) is 1. The van der Waals surface area contributed by atoms with Crippen LogP contribution in [0.2, 0.25) is 5.02 Å². The normalized spacial score (nSPS) is 16.9. The lowest BCUT2D eigenvalue weighted by Gasteiger charge is -2.07. The first-order valence-electron chi connectivity index (χ1n) is 5.62. The van der Waals surface area contributed by atoms with Gasteiger partial charge in [-0.25, -0.2) is 0 Å². The number of aromatic nitrogens is 1. The highest BCUT2D eigenvalue weighted by Crippen LogP contribution is 2.34. The molecule has 0 aliphatic carbocycles. The fraction of sp³-hybridized carbons (Fsp3) is 0.0769. The third-order valence-corrected chi connectivity index (χ3v) is 3.02. The number of ether oxygens (including phenoxy) is 1. The molecule has 1 aromatic heterocycles. The maximum atomic E-state index is 11.4. The summed E-state index contributed by atoms with van der Waals surface area (Å²) in [4.78, 5) is 15.4. The molecule has 3 rings (SSSR count). The number of hydrogen-bond donors (Lipinski definition) is 2. The fourth-order valence-electron chi connectivity index (χ4n) is 1.91. The molecular weight excluding hydrogens is 266 g/mol. The molecule has 3 N–H and O–H groups in total. The standard InChI is InChI=1S/C13H10ClN3O2/c14-7-3-9(6-16-5-7)19-8-1-2-10-11(4-8)17-13(18)12(10)15/h1-6,12H,15H2,(H,17,18). The molecule has 1 aliphatic rings. The summed E-state index contributed by atoms with van der Waals surface area (Å²) >= 11 is 5.83. The first-order valence-corrected chi connectivity index (χ1v) is 6.00. The zero-order chi connectivity index (χ0) is 13.4. The predicted octanol–water partition coefficient (Wildman–Crippen LogP) is 2.48. The lowest BCUT2D eigenvalue weighted by atomic mass is 10.1. The van der Waals surface area contributed by atoms with Gasteiger partial charge in [0, 0.05) is 29.6 Å². The highest BCUT2D eigenvalue weighted by Gasteiger charge is 2.27. The second-order valence-corrected chi connectivity index (χ2v) is 4.59. The Kier molecular flexibility index (Phi) is 2.85. The number of nitrogens with two attached hydrogens (primary N) is 1. The largest absolute Gasteiger partial charge is 0.456 e. The van der Waals surface area contributed by atoms with Gasteiger partial charge < -0.3 is 15.8 Å². The summed E-state index contributed by atoms with van der Waals surface area (Å²) in [7, 11) is 0. The van der Waals surface area contributed by atoms with Gasteiger partial charge in [-0.2, -0.15) is 0 Å². The van der Waals surface area contributed by atoms with Crippen molar-refractivity contribution in [2.45, 2.75) is 6.04 Å². The number of anilines is 1. The van der Waals surface area contributed by atoms with Crippen molar-refractivity contribution in [3.63, 3.8) is 0 Å². The Balaban J connectivity index is 1.88. The SMILES string of the molecule is NC1C(=O)Nc2cc(Oc3cncc(Cl)c3)ccc21. The Morgan fingerprint density at radius 1 is 1.26 bits per heavy atom. The Hall–Kier alpha value is -2.11. The van der Waals surface area contributed by atoms with Crippen LogP contribution < -0.4 is 15.8 Å². The van der Waals surface area contributed by atoms with Crippen molar-refractivity contribution in [3.05, 3.63) is 47.2 Å². The Labute approximate surface area is 114 Å². The fourth-order valence-corrected chi connectivity index (χ4v) is 2.08. The number of fused-ring (bicyclic) bond motifs is 1. The van der Waals surface area contributed by atoms with Gasteiger partial charge in [-0.05, 0) is 6.07 Å². The van der Waals surface area contributed by atoms with Crippen molar-refractivity contribution in [3.8, 4) is 11.5 Å². The van der Waals surface area contributed by atoms with Crippen LogP contribution in [0.3, 0.4) is 0 Å². The van der Waals surface area contributed by atoms with E-state index < -0.39 is 6.04 Å². The second-order valence-electron chi connectivity index (χ2n) is 4.16. The zero-order valence-electron chi connectivity index (χ0n) is 9.76. The van der Waals surface area contributed by atoms with Gasteiger partial charge in [0.05, 0.1) is 11.2 Å². The molecule has 0 radical (unpaired) electrons. The molecule has 0 saturated carbocycles. The zero-order valence-corrected chi connectivity index (χ0v) is 10.5. The minimum absolute atomic E-state index is 0.212. The van der Waals surface area contributed by atoms with Crippen LogP contribution in [0, 0.1) is 0 Å². The summed E-state index contributed by atoms with van der Waals surface area (Å²) in [5.41, 5.74) is 7.17. The van der Waals surface area contributed by atoms with E-state index in [9.17, 15) is 4.79 Å². The number of halogens is 1. The molecule has 1 unspecified atom stereocenters. The third kappa shape index (κ3) is 2.25. The molecular formula is C13H10ClN3O2. The average molecular weight is 276 g/mol. The number of rotatable bonds is 2. The van der Waals surface area contributed by atoms with Crippen molar-refractivity contribution < 1.29 is 9.53 Å². The van der Waals surface area contributed by atoms with Crippen LogP contribution in [0.4, 0.5) is 5.69 Å². The summed E-state index contributed by atoms with van der Waals surface area (Å²) in [5, 5.41) is 3.19. The molecule has 2 aromatic rings. The van der Waals surface area contributed by atoms with Crippen molar-refractivity contribution in [2.75, 3.05) is 5.32 Å². The molecule has 0 spiro atoms. The van der Waals surface area contributed by atoms with Crippen LogP contribution in [0.1, 0.15) is 11.6 Å². The van der Waals surface area contributed by atoms with Crippen LogP contribution in [0.5, 0.6) is 11.5 Å². The van der Waals surface area contributed by atoms with Gasteiger partial charge in [0.25, 0.3) is 0 Å². The number of pyridine rings is 1. The molecule has 5 nitrogen and oxygen atoms in total. The smallest absolute Gasteiger partial charge is 0.245 e. The topological polar surface area (TPSA) is 77.2 Å². The van der Waals surface area contributed by atoms with Crippen molar-refractivity contribution >= 4 is 23.2 Å². The average Bonchev–Trinajstić information content (AvgIpc) is 2.65. The summed E-state index contributed by atoms with van der Waals surface area (Å²) in [5.74, 6) is 0.898. The van der Waals surface area contributed by atoms with E-state index >= 15 is 0 Å². The molecule has 0 saturated heterocycles. The number of benzene rings is 1. The number of hydrogen-bond acceptors (Lipinski definition) is 4. The molecule has 1 aliphatic heterocycles. The van der Waals surface area contributed by atoms with E-state index in [0.717, 1.165) is 5.56 Å². The van der Waals surface area contributed by atoms with Crippen molar-refractivity contribution in [2.24, 2.45) is 5.73 Å². The van der Waals surface area contributed by atoms with E-state index in [1.165, 1.54) is 6.20 Å². The Morgan fingerprint density at radius 3 is 2.89 bits per heavy atom. The third-order valence-electron chi connectivity index (χ3n) is 2.82. The minimum atomic E-state index is -0.614. The lowest BCUT2D eigenvalue weighted by molar-refractivity contribution is -0.116. The van der Waals surface area contributed by atoms with Crippen LogP contribution in [0.15, 0.2) is 36.7 Å². The van der Waals surface area contributed by atoms with Gasteiger partial charge in [0.1, 0.15) is 17.5 Å². The van der Waals surface area contributed by atoms with Crippen LogP contribution in [0.25, 0.3) is 0 Å². The van der Waals surface area contributed by atoms with E-state index in [0.29, 0.717) is 22.2 Å². The molecule has 19 heavy (non-hydrogen) atoms. The van der Waals surface area contributed by atoms with E-state index in [1.807, 2.05) is 0 Å². The van der Waals surface area contributed by atoms with E-state index in [4.69, 9.17) is 22.1 Å². The number of carbonyl (C=O) groups excluding carboxylic acids is 1. The van der Waals surface area contributed by atoms with Crippen LogP contribution in [-0.2, 0) is 4.79 Å². The molecule has 1 atom stereocenters. The second kappa shape index (κ2) is 4.53. The highest BCUT2D eigenvalue weighted by atomic mass is 35.5. The highest BCUT2D eigenvalue weighted by molar-refractivity contribution is 6.30. The van der Waals surface area contributed by atoms with Crippen molar-refractivity contribution in [1.29, 1.82) is 0 Å². The first-order chi connectivity index (χ1) is 9.13. The van der Waals surface area contributed by atoms with E-state index in [2.05, 4.69) is 10.3 Å². The summed E-state index contributed by atoms with van der Waals surface area (Å²) in [6.07, 6.45) is 3.08. The van der Waals surface area contributed by atoms with Gasteiger partial charge in [0.2, 0.25) is 5.91 Å². The van der Waals surface area contributed by atoms with Crippen molar-refractivity contribution in [1.82, 2.24) is 4.98 Å².